The zero-order chi connectivity index (χ0) is 9.97. The quantitative estimate of drug-likeness (QED) is 0.726. The molecule has 1 aromatic heterocycles. The summed E-state index contributed by atoms with van der Waals surface area (Å²) >= 11 is 0. The summed E-state index contributed by atoms with van der Waals surface area (Å²) < 4.78 is 0. The van der Waals surface area contributed by atoms with Gasteiger partial charge in [-0.25, -0.2) is 0 Å². The Labute approximate surface area is 82.2 Å². The van der Waals surface area contributed by atoms with Crippen molar-refractivity contribution < 1.29 is 0 Å². The molecule has 0 atom stereocenters. The fraction of sp³-hybridized carbons (Fsp3) is 0.0833. The third kappa shape index (κ3) is 1.59. The molecule has 0 amide bonds. The maximum Gasteiger partial charge on any atom is 0.182 e. The van der Waals surface area contributed by atoms with E-state index in [1.165, 1.54) is 6.07 Å². The van der Waals surface area contributed by atoms with Crippen molar-refractivity contribution in [3.63, 3.8) is 0 Å². The zero-order valence-electron chi connectivity index (χ0n) is 7.95. The van der Waals surface area contributed by atoms with Gasteiger partial charge in [-0.15, -0.1) is 0 Å². The Balaban J connectivity index is 2.61. The average molecular weight is 185 g/mol. The second-order valence-electron chi connectivity index (χ2n) is 3.25. The Morgan fingerprint density at radius 1 is 1.14 bits per heavy atom. The molecule has 1 heterocycles. The molecule has 2 rings (SSSR count). The van der Waals surface area contributed by atoms with Crippen molar-refractivity contribution in [2.45, 2.75) is 6.92 Å². The molecule has 2 nitrogen and oxygen atoms in total. The van der Waals surface area contributed by atoms with Crippen LogP contribution in [0.3, 0.4) is 0 Å². The predicted octanol–water partition coefficient (Wildman–Crippen LogP) is 2.35. The van der Waals surface area contributed by atoms with Crippen LogP contribution in [0, 0.1) is 6.92 Å². The van der Waals surface area contributed by atoms with Gasteiger partial charge in [-0.3, -0.25) is 4.79 Å². The van der Waals surface area contributed by atoms with E-state index < -0.39 is 0 Å². The number of pyridine rings is 1. The van der Waals surface area contributed by atoms with Gasteiger partial charge in [-0.1, -0.05) is 24.3 Å². The van der Waals surface area contributed by atoms with Crippen LogP contribution in [0.25, 0.3) is 11.3 Å². The molecule has 0 saturated carbocycles. The number of nitrogens with one attached hydrogen (secondary N) is 1. The van der Waals surface area contributed by atoms with Gasteiger partial charge in [0, 0.05) is 29.6 Å². The average Bonchev–Trinajstić information content (AvgIpc) is 2.18. The van der Waals surface area contributed by atoms with Crippen LogP contribution in [0.2, 0.25) is 0 Å². The first-order chi connectivity index (χ1) is 6.77. The topological polar surface area (TPSA) is 32.9 Å². The van der Waals surface area contributed by atoms with E-state index in [9.17, 15) is 4.79 Å². The van der Waals surface area contributed by atoms with Crippen LogP contribution in [-0.2, 0) is 0 Å². The number of benzene rings is 1. The molecule has 2 aromatic rings. The Kier molecular flexibility index (Phi) is 2.19. The standard InChI is InChI=1S/C12H11NO/c1-9-4-2-3-5-11(9)12-8-10(14)6-7-13-12/h2-8H,1H3,(H,13,14). The molecule has 0 saturated heterocycles. The van der Waals surface area contributed by atoms with Gasteiger partial charge in [0.15, 0.2) is 5.43 Å². The van der Waals surface area contributed by atoms with E-state index >= 15 is 0 Å². The van der Waals surface area contributed by atoms with Crippen LogP contribution in [0.5, 0.6) is 0 Å². The molecular weight excluding hydrogens is 174 g/mol. The van der Waals surface area contributed by atoms with Gasteiger partial charge in [-0.2, -0.15) is 0 Å². The molecule has 0 fully saturated rings. The van der Waals surface area contributed by atoms with Crippen molar-refractivity contribution in [3.8, 4) is 11.3 Å². The van der Waals surface area contributed by atoms with Crippen molar-refractivity contribution in [1.29, 1.82) is 0 Å². The second kappa shape index (κ2) is 3.50. The third-order valence-corrected chi connectivity index (χ3v) is 2.21. The zero-order valence-corrected chi connectivity index (χ0v) is 7.95. The summed E-state index contributed by atoms with van der Waals surface area (Å²) in [6.07, 6.45) is 1.67. The molecule has 0 aliphatic heterocycles. The lowest BCUT2D eigenvalue weighted by molar-refractivity contribution is 1.29. The molecule has 0 bridgehead atoms. The Hall–Kier alpha value is -1.83. The normalized spacial score (nSPS) is 10.1. The van der Waals surface area contributed by atoms with Gasteiger partial charge < -0.3 is 4.98 Å². The number of aryl methyl sites for hydroxylation is 1. The lowest BCUT2D eigenvalue weighted by Crippen LogP contribution is -1.98. The van der Waals surface area contributed by atoms with Gasteiger partial charge in [-0.05, 0) is 12.5 Å². The van der Waals surface area contributed by atoms with E-state index in [1.54, 1.807) is 12.3 Å². The number of hydrogen-bond acceptors (Lipinski definition) is 1. The van der Waals surface area contributed by atoms with Gasteiger partial charge in [0.1, 0.15) is 0 Å². The first-order valence-corrected chi connectivity index (χ1v) is 4.52. The number of H-pyrrole nitrogens is 1. The second-order valence-corrected chi connectivity index (χ2v) is 3.25. The van der Waals surface area contributed by atoms with E-state index in [2.05, 4.69) is 4.98 Å². The summed E-state index contributed by atoms with van der Waals surface area (Å²) in [6, 6.07) is 11.1. The highest BCUT2D eigenvalue weighted by molar-refractivity contribution is 5.62. The van der Waals surface area contributed by atoms with E-state index in [4.69, 9.17) is 0 Å². The smallest absolute Gasteiger partial charge is 0.182 e. The van der Waals surface area contributed by atoms with E-state index in [-0.39, 0.29) is 5.43 Å². The van der Waals surface area contributed by atoms with Crippen LogP contribution < -0.4 is 5.43 Å². The van der Waals surface area contributed by atoms with Crippen molar-refractivity contribution in [1.82, 2.24) is 4.98 Å². The predicted molar refractivity (Wildman–Crippen MR) is 57.2 cm³/mol. The van der Waals surface area contributed by atoms with Gasteiger partial charge in [0.05, 0.1) is 0 Å². The first-order valence-electron chi connectivity index (χ1n) is 4.52. The van der Waals surface area contributed by atoms with Crippen molar-refractivity contribution in [3.05, 3.63) is 58.4 Å². The van der Waals surface area contributed by atoms with Crippen LogP contribution in [0.15, 0.2) is 47.4 Å². The Morgan fingerprint density at radius 2 is 1.93 bits per heavy atom. The van der Waals surface area contributed by atoms with Crippen LogP contribution in [0.4, 0.5) is 0 Å². The molecule has 14 heavy (non-hydrogen) atoms. The largest absolute Gasteiger partial charge is 0.361 e. The summed E-state index contributed by atoms with van der Waals surface area (Å²) in [5.41, 5.74) is 3.14. The van der Waals surface area contributed by atoms with Crippen molar-refractivity contribution >= 4 is 0 Å². The highest BCUT2D eigenvalue weighted by Gasteiger charge is 2.00. The van der Waals surface area contributed by atoms with Crippen LogP contribution >= 0.6 is 0 Å². The van der Waals surface area contributed by atoms with Gasteiger partial charge in [0.25, 0.3) is 0 Å². The maximum atomic E-state index is 11.2. The molecule has 70 valence electrons. The van der Waals surface area contributed by atoms with E-state index in [0.29, 0.717) is 0 Å². The lowest BCUT2D eigenvalue weighted by Gasteiger charge is -2.04. The summed E-state index contributed by atoms with van der Waals surface area (Å²) in [5.74, 6) is 0. The highest BCUT2D eigenvalue weighted by Crippen LogP contribution is 2.18. The number of hydrogen-bond donors (Lipinski definition) is 1. The molecule has 0 radical (unpaired) electrons. The molecule has 0 unspecified atom stereocenters. The molecule has 1 aromatic carbocycles. The van der Waals surface area contributed by atoms with Crippen LogP contribution in [0.1, 0.15) is 5.56 Å². The summed E-state index contributed by atoms with van der Waals surface area (Å²) in [7, 11) is 0. The summed E-state index contributed by atoms with van der Waals surface area (Å²) in [5, 5.41) is 0. The Bertz CT molecular complexity index is 499. The van der Waals surface area contributed by atoms with Gasteiger partial charge in [0.2, 0.25) is 0 Å². The molecule has 0 aliphatic rings. The van der Waals surface area contributed by atoms with E-state index in [0.717, 1.165) is 16.8 Å². The maximum absolute atomic E-state index is 11.2. The molecule has 0 spiro atoms. The van der Waals surface area contributed by atoms with Crippen molar-refractivity contribution in [2.75, 3.05) is 0 Å². The lowest BCUT2D eigenvalue weighted by atomic mass is 10.1. The first kappa shape index (κ1) is 8.75. The minimum Gasteiger partial charge on any atom is -0.361 e. The molecule has 1 N–H and O–H groups in total. The molecular formula is C12H11NO. The summed E-state index contributed by atoms with van der Waals surface area (Å²) in [6.45, 7) is 2.03. The number of aromatic nitrogens is 1. The molecule has 2 heteroatoms. The minimum absolute atomic E-state index is 0.0296. The van der Waals surface area contributed by atoms with E-state index in [1.807, 2.05) is 31.2 Å². The fourth-order valence-corrected chi connectivity index (χ4v) is 1.48. The number of aromatic amines is 1. The Morgan fingerprint density at radius 3 is 2.64 bits per heavy atom. The fourth-order valence-electron chi connectivity index (χ4n) is 1.48. The molecule has 0 aliphatic carbocycles. The van der Waals surface area contributed by atoms with Crippen LogP contribution in [-0.4, -0.2) is 4.98 Å². The van der Waals surface area contributed by atoms with Crippen molar-refractivity contribution in [2.24, 2.45) is 0 Å². The summed E-state index contributed by atoms with van der Waals surface area (Å²) in [4.78, 5) is 14.2. The minimum atomic E-state index is 0.0296. The number of rotatable bonds is 1. The monoisotopic (exact) mass is 185 g/mol. The highest BCUT2D eigenvalue weighted by atomic mass is 16.1. The third-order valence-electron chi connectivity index (χ3n) is 2.21. The SMILES string of the molecule is Cc1ccccc1-c1cc(=O)cc[nH]1. The van der Waals surface area contributed by atoms with Gasteiger partial charge >= 0.3 is 0 Å².